The zero-order valence-electron chi connectivity index (χ0n) is 15.5. The molecule has 6 nitrogen and oxygen atoms in total. The van der Waals surface area contributed by atoms with E-state index in [0.29, 0.717) is 30.0 Å². The molecule has 27 heavy (non-hydrogen) atoms. The predicted molar refractivity (Wildman–Crippen MR) is 103 cm³/mol. The van der Waals surface area contributed by atoms with Crippen LogP contribution >= 0.6 is 11.6 Å². The molecule has 7 heteroatoms. The van der Waals surface area contributed by atoms with Gasteiger partial charge in [-0.1, -0.05) is 30.7 Å². The number of halogens is 1. The number of hydrogen-bond donors (Lipinski definition) is 2. The fraction of sp³-hybridized carbons (Fsp3) is 0.450. The van der Waals surface area contributed by atoms with E-state index < -0.39 is 0 Å². The van der Waals surface area contributed by atoms with Crippen molar-refractivity contribution in [3.8, 4) is 0 Å². The Bertz CT molecular complexity index is 849. The molecule has 1 amide bonds. The van der Waals surface area contributed by atoms with E-state index in [1.807, 2.05) is 25.1 Å². The standard InChI is InChI=1S/C20H24ClN3O3/c1-3-19(26)17-11-18(20(27)22-15-7-8-16(25)10-15)24(23-17)12(2)13-5-4-6-14(21)9-13/h4-6,9,11-12,15-16,25H,3,7-8,10H2,1-2H3,(H,22,27)/t12-,15-,16-/m0/s1. The summed E-state index contributed by atoms with van der Waals surface area (Å²) >= 11 is 6.10. The van der Waals surface area contributed by atoms with E-state index in [1.54, 1.807) is 23.7 Å². The maximum absolute atomic E-state index is 12.9. The number of benzene rings is 1. The first kappa shape index (κ1) is 19.6. The van der Waals surface area contributed by atoms with Crippen LogP contribution < -0.4 is 5.32 Å². The maximum atomic E-state index is 12.9. The number of aromatic nitrogens is 2. The van der Waals surface area contributed by atoms with Gasteiger partial charge < -0.3 is 10.4 Å². The minimum atomic E-state index is -0.372. The third kappa shape index (κ3) is 4.39. The highest BCUT2D eigenvalue weighted by Crippen LogP contribution is 2.24. The van der Waals surface area contributed by atoms with Crippen LogP contribution in [-0.4, -0.2) is 38.7 Å². The Balaban J connectivity index is 1.92. The van der Waals surface area contributed by atoms with Gasteiger partial charge in [0, 0.05) is 23.6 Å². The quantitative estimate of drug-likeness (QED) is 0.742. The van der Waals surface area contributed by atoms with Crippen LogP contribution in [0.25, 0.3) is 0 Å². The summed E-state index contributed by atoms with van der Waals surface area (Å²) in [6, 6.07) is 8.58. The third-order valence-corrected chi connectivity index (χ3v) is 5.25. The number of aliphatic hydroxyl groups is 1. The summed E-state index contributed by atoms with van der Waals surface area (Å²) in [7, 11) is 0. The van der Waals surface area contributed by atoms with Gasteiger partial charge in [0.15, 0.2) is 5.78 Å². The first-order chi connectivity index (χ1) is 12.9. The minimum Gasteiger partial charge on any atom is -0.393 e. The largest absolute Gasteiger partial charge is 0.393 e. The van der Waals surface area contributed by atoms with Crippen molar-refractivity contribution >= 4 is 23.3 Å². The van der Waals surface area contributed by atoms with Crippen molar-refractivity contribution in [2.45, 2.75) is 57.7 Å². The maximum Gasteiger partial charge on any atom is 0.269 e. The lowest BCUT2D eigenvalue weighted by Gasteiger charge is -2.18. The van der Waals surface area contributed by atoms with Gasteiger partial charge in [0.1, 0.15) is 11.4 Å². The molecule has 1 saturated carbocycles. The highest BCUT2D eigenvalue weighted by molar-refractivity contribution is 6.30. The number of amides is 1. The number of carbonyl (C=O) groups excluding carboxylic acids is 2. The highest BCUT2D eigenvalue weighted by Gasteiger charge is 2.28. The molecule has 1 aliphatic carbocycles. The van der Waals surface area contributed by atoms with Gasteiger partial charge in [-0.25, -0.2) is 0 Å². The molecule has 0 spiro atoms. The number of nitrogens with one attached hydrogen (secondary N) is 1. The van der Waals surface area contributed by atoms with Gasteiger partial charge in [-0.15, -0.1) is 0 Å². The number of carbonyl (C=O) groups is 2. The molecule has 1 aliphatic rings. The molecule has 144 valence electrons. The lowest BCUT2D eigenvalue weighted by atomic mass is 10.1. The number of hydrogen-bond acceptors (Lipinski definition) is 4. The second kappa shape index (κ2) is 8.23. The van der Waals surface area contributed by atoms with E-state index in [1.165, 1.54) is 0 Å². The second-order valence-corrected chi connectivity index (χ2v) is 7.44. The van der Waals surface area contributed by atoms with Crippen LogP contribution in [0.5, 0.6) is 0 Å². The Morgan fingerprint density at radius 1 is 1.37 bits per heavy atom. The topological polar surface area (TPSA) is 84.2 Å². The van der Waals surface area contributed by atoms with Gasteiger partial charge in [-0.3, -0.25) is 14.3 Å². The van der Waals surface area contributed by atoms with Gasteiger partial charge in [0.2, 0.25) is 0 Å². The molecule has 3 rings (SSSR count). The summed E-state index contributed by atoms with van der Waals surface area (Å²) in [5.41, 5.74) is 1.51. The first-order valence-corrected chi connectivity index (χ1v) is 9.64. The van der Waals surface area contributed by atoms with Gasteiger partial charge in [0.25, 0.3) is 5.91 Å². The van der Waals surface area contributed by atoms with Crippen LogP contribution in [0, 0.1) is 0 Å². The number of nitrogens with zero attached hydrogens (tertiary/aromatic N) is 2. The Morgan fingerprint density at radius 2 is 2.15 bits per heavy atom. The monoisotopic (exact) mass is 389 g/mol. The van der Waals surface area contributed by atoms with E-state index >= 15 is 0 Å². The second-order valence-electron chi connectivity index (χ2n) is 7.00. The van der Waals surface area contributed by atoms with Crippen molar-refractivity contribution in [1.82, 2.24) is 15.1 Å². The molecule has 1 aromatic carbocycles. The normalized spacial score (nSPS) is 20.4. The molecule has 2 N–H and O–H groups in total. The molecule has 1 aromatic heterocycles. The zero-order valence-corrected chi connectivity index (χ0v) is 16.2. The van der Waals surface area contributed by atoms with E-state index in [9.17, 15) is 14.7 Å². The van der Waals surface area contributed by atoms with Crippen molar-refractivity contribution < 1.29 is 14.7 Å². The summed E-state index contributed by atoms with van der Waals surface area (Å²) < 4.78 is 1.58. The van der Waals surface area contributed by atoms with Gasteiger partial charge in [-0.05, 0) is 43.9 Å². The van der Waals surface area contributed by atoms with Crippen LogP contribution in [0.4, 0.5) is 0 Å². The molecule has 0 saturated heterocycles. The van der Waals surface area contributed by atoms with Crippen molar-refractivity contribution in [3.05, 3.63) is 52.3 Å². The van der Waals surface area contributed by atoms with Gasteiger partial charge in [-0.2, -0.15) is 5.10 Å². The summed E-state index contributed by atoms with van der Waals surface area (Å²) in [4.78, 5) is 25.0. The Kier molecular flexibility index (Phi) is 5.97. The summed E-state index contributed by atoms with van der Waals surface area (Å²) in [5, 5.41) is 17.7. The Hall–Kier alpha value is -2.18. The zero-order chi connectivity index (χ0) is 19.6. The molecule has 0 bridgehead atoms. The van der Waals surface area contributed by atoms with Crippen LogP contribution in [0.15, 0.2) is 30.3 Å². The van der Waals surface area contributed by atoms with Crippen molar-refractivity contribution in [2.75, 3.05) is 0 Å². The Morgan fingerprint density at radius 3 is 2.78 bits per heavy atom. The van der Waals surface area contributed by atoms with Crippen molar-refractivity contribution in [2.24, 2.45) is 0 Å². The Labute approximate surface area is 163 Å². The first-order valence-electron chi connectivity index (χ1n) is 9.26. The molecular weight excluding hydrogens is 366 g/mol. The van der Waals surface area contributed by atoms with Crippen molar-refractivity contribution in [1.29, 1.82) is 0 Å². The fourth-order valence-corrected chi connectivity index (χ4v) is 3.63. The minimum absolute atomic E-state index is 0.0670. The number of rotatable bonds is 6. The molecule has 0 aliphatic heterocycles. The van der Waals surface area contributed by atoms with E-state index in [2.05, 4.69) is 10.4 Å². The predicted octanol–water partition coefficient (Wildman–Crippen LogP) is 3.38. The van der Waals surface area contributed by atoms with Gasteiger partial charge >= 0.3 is 0 Å². The molecule has 1 fully saturated rings. The molecule has 3 atom stereocenters. The van der Waals surface area contributed by atoms with Crippen molar-refractivity contribution in [3.63, 3.8) is 0 Å². The van der Waals surface area contributed by atoms with Gasteiger partial charge in [0.05, 0.1) is 12.1 Å². The lowest BCUT2D eigenvalue weighted by Crippen LogP contribution is -2.35. The summed E-state index contributed by atoms with van der Waals surface area (Å²) in [6.45, 7) is 3.68. The molecule has 1 heterocycles. The average molecular weight is 390 g/mol. The van der Waals surface area contributed by atoms with E-state index in [0.717, 1.165) is 12.0 Å². The molecule has 2 aromatic rings. The van der Waals surface area contributed by atoms with Crippen LogP contribution in [0.1, 0.15) is 72.1 Å². The number of ketones is 1. The molecular formula is C20H24ClN3O3. The molecule has 0 unspecified atom stereocenters. The van der Waals surface area contributed by atoms with Crippen LogP contribution in [0.2, 0.25) is 5.02 Å². The average Bonchev–Trinajstić information content (AvgIpc) is 3.27. The smallest absolute Gasteiger partial charge is 0.269 e. The SMILES string of the molecule is CCC(=O)c1cc(C(=O)N[C@H]2CC[C@H](O)C2)n([C@@H](C)c2cccc(Cl)c2)n1. The lowest BCUT2D eigenvalue weighted by molar-refractivity contribution is 0.0920. The highest BCUT2D eigenvalue weighted by atomic mass is 35.5. The molecule has 0 radical (unpaired) electrons. The van der Waals surface area contributed by atoms with E-state index in [-0.39, 0.29) is 35.6 Å². The van der Waals surface area contributed by atoms with Crippen LogP contribution in [-0.2, 0) is 0 Å². The number of Topliss-reactive ketones (excluding diaryl/α,β-unsaturated/α-hetero) is 1. The van der Waals surface area contributed by atoms with Crippen LogP contribution in [0.3, 0.4) is 0 Å². The summed E-state index contributed by atoms with van der Waals surface area (Å²) in [6.07, 6.45) is 1.92. The van der Waals surface area contributed by atoms with E-state index in [4.69, 9.17) is 11.6 Å². The fourth-order valence-electron chi connectivity index (χ4n) is 3.43. The third-order valence-electron chi connectivity index (χ3n) is 5.01. The number of aliphatic hydroxyl groups excluding tert-OH is 1. The summed E-state index contributed by atoms with van der Waals surface area (Å²) in [5.74, 6) is -0.400.